The SMILES string of the molecule is C[C@@]1(c2ccccc2)NC(=O)N(CC(=O)N(Cc2nnc(-c3ccc(Cl)cc3)o2)C2CC2)C1=O. The van der Waals surface area contributed by atoms with Crippen LogP contribution >= 0.6 is 11.6 Å². The summed E-state index contributed by atoms with van der Waals surface area (Å²) in [4.78, 5) is 41.5. The van der Waals surface area contributed by atoms with Gasteiger partial charge in [-0.2, -0.15) is 0 Å². The lowest BCUT2D eigenvalue weighted by Gasteiger charge is -2.24. The fourth-order valence-corrected chi connectivity index (χ4v) is 4.14. The van der Waals surface area contributed by atoms with Gasteiger partial charge in [0.05, 0.1) is 6.54 Å². The van der Waals surface area contributed by atoms with E-state index >= 15 is 0 Å². The summed E-state index contributed by atoms with van der Waals surface area (Å²) in [5, 5.41) is 11.5. The van der Waals surface area contributed by atoms with Crippen molar-refractivity contribution in [2.45, 2.75) is 37.9 Å². The zero-order valence-corrected chi connectivity index (χ0v) is 19.2. The molecule has 4 amide bonds. The fraction of sp³-hybridized carbons (Fsp3) is 0.292. The minimum absolute atomic E-state index is 0.0136. The van der Waals surface area contributed by atoms with E-state index in [0.717, 1.165) is 17.7 Å². The lowest BCUT2D eigenvalue weighted by atomic mass is 9.92. The van der Waals surface area contributed by atoms with E-state index in [1.165, 1.54) is 0 Å². The number of halogens is 1. The standard InChI is InChI=1S/C24H22ClN5O4/c1-24(16-5-3-2-4-6-16)22(32)30(23(33)26-24)14-20(31)29(18-11-12-18)13-19-27-28-21(34-19)15-7-9-17(25)10-8-15/h2-10,18H,11-14H2,1H3,(H,26,33)/t24-/m0/s1. The molecular weight excluding hydrogens is 458 g/mol. The molecule has 9 nitrogen and oxygen atoms in total. The van der Waals surface area contributed by atoms with Crippen LogP contribution in [0.2, 0.25) is 5.02 Å². The van der Waals surface area contributed by atoms with Crippen molar-refractivity contribution in [3.63, 3.8) is 0 Å². The van der Waals surface area contributed by atoms with Gasteiger partial charge >= 0.3 is 6.03 Å². The van der Waals surface area contributed by atoms with Crippen LogP contribution in [0.1, 0.15) is 31.2 Å². The molecule has 1 aliphatic carbocycles. The summed E-state index contributed by atoms with van der Waals surface area (Å²) in [5.74, 6) is -0.218. The van der Waals surface area contributed by atoms with Crippen molar-refractivity contribution in [3.8, 4) is 11.5 Å². The molecule has 34 heavy (non-hydrogen) atoms. The van der Waals surface area contributed by atoms with Crippen LogP contribution < -0.4 is 5.32 Å². The maximum Gasteiger partial charge on any atom is 0.325 e. The quantitative estimate of drug-likeness (QED) is 0.520. The van der Waals surface area contributed by atoms with Crippen molar-refractivity contribution in [1.29, 1.82) is 0 Å². The van der Waals surface area contributed by atoms with Crippen LogP contribution in [-0.4, -0.2) is 50.4 Å². The van der Waals surface area contributed by atoms with Gasteiger partial charge in [0.1, 0.15) is 12.1 Å². The summed E-state index contributed by atoms with van der Waals surface area (Å²) in [6, 6.07) is 15.4. The van der Waals surface area contributed by atoms with Crippen LogP contribution in [0.5, 0.6) is 0 Å². The fourth-order valence-electron chi connectivity index (χ4n) is 4.01. The number of nitrogens with zero attached hydrogens (tertiary/aromatic N) is 4. The van der Waals surface area contributed by atoms with Crippen LogP contribution in [0, 0.1) is 0 Å². The first-order valence-electron chi connectivity index (χ1n) is 10.9. The number of aromatic nitrogens is 2. The molecule has 0 radical (unpaired) electrons. The average Bonchev–Trinajstić information content (AvgIpc) is 3.53. The Balaban J connectivity index is 1.30. The van der Waals surface area contributed by atoms with E-state index in [-0.39, 0.29) is 30.9 Å². The number of benzene rings is 2. The summed E-state index contributed by atoms with van der Waals surface area (Å²) in [7, 11) is 0. The summed E-state index contributed by atoms with van der Waals surface area (Å²) in [6.45, 7) is 1.38. The van der Waals surface area contributed by atoms with Crippen molar-refractivity contribution < 1.29 is 18.8 Å². The molecule has 174 valence electrons. The normalized spacial score (nSPS) is 19.9. The molecule has 2 heterocycles. The van der Waals surface area contributed by atoms with Gasteiger partial charge < -0.3 is 14.6 Å². The van der Waals surface area contributed by atoms with E-state index in [4.69, 9.17) is 16.0 Å². The second-order valence-electron chi connectivity index (χ2n) is 8.57. The lowest BCUT2D eigenvalue weighted by molar-refractivity contribution is -0.139. The van der Waals surface area contributed by atoms with Gasteiger partial charge in [-0.25, -0.2) is 4.79 Å². The van der Waals surface area contributed by atoms with Crippen molar-refractivity contribution in [2.24, 2.45) is 0 Å². The van der Waals surface area contributed by atoms with Gasteiger partial charge in [-0.15, -0.1) is 10.2 Å². The number of nitrogens with one attached hydrogen (secondary N) is 1. The minimum Gasteiger partial charge on any atom is -0.419 e. The second kappa shape index (κ2) is 8.57. The molecule has 1 saturated heterocycles. The Morgan fingerprint density at radius 1 is 1.15 bits per heavy atom. The zero-order chi connectivity index (χ0) is 23.9. The summed E-state index contributed by atoms with van der Waals surface area (Å²) in [5.41, 5.74) is 0.151. The number of urea groups is 1. The molecule has 10 heteroatoms. The summed E-state index contributed by atoms with van der Waals surface area (Å²) >= 11 is 5.93. The molecule has 0 unspecified atom stereocenters. The highest BCUT2D eigenvalue weighted by Gasteiger charge is 2.50. The van der Waals surface area contributed by atoms with E-state index in [9.17, 15) is 14.4 Å². The van der Waals surface area contributed by atoms with Crippen molar-refractivity contribution in [2.75, 3.05) is 6.54 Å². The van der Waals surface area contributed by atoms with Crippen molar-refractivity contribution >= 4 is 29.4 Å². The highest BCUT2D eigenvalue weighted by molar-refractivity contribution is 6.30. The minimum atomic E-state index is -1.22. The van der Waals surface area contributed by atoms with Gasteiger partial charge in [0.25, 0.3) is 5.91 Å². The number of hydrogen-bond acceptors (Lipinski definition) is 6. The maximum absolute atomic E-state index is 13.2. The Hall–Kier alpha value is -3.72. The van der Waals surface area contributed by atoms with Crippen LogP contribution in [0.25, 0.3) is 11.5 Å². The Bertz CT molecular complexity index is 1240. The summed E-state index contributed by atoms with van der Waals surface area (Å²) < 4.78 is 5.75. The van der Waals surface area contributed by atoms with Gasteiger partial charge in [-0.3, -0.25) is 14.5 Å². The van der Waals surface area contributed by atoms with Crippen LogP contribution in [0.15, 0.2) is 59.0 Å². The van der Waals surface area contributed by atoms with Crippen LogP contribution in [0.3, 0.4) is 0 Å². The molecule has 0 bridgehead atoms. The average molecular weight is 480 g/mol. The number of hydrogen-bond donors (Lipinski definition) is 1. The Kier molecular flexibility index (Phi) is 5.57. The van der Waals surface area contributed by atoms with E-state index in [1.54, 1.807) is 60.4 Å². The Labute approximate surface area is 200 Å². The molecule has 3 aromatic rings. The number of carbonyl (C=O) groups is 3. The molecule has 2 fully saturated rings. The monoisotopic (exact) mass is 479 g/mol. The Morgan fingerprint density at radius 3 is 2.53 bits per heavy atom. The largest absolute Gasteiger partial charge is 0.419 e. The Morgan fingerprint density at radius 2 is 1.85 bits per heavy atom. The predicted octanol–water partition coefficient (Wildman–Crippen LogP) is 3.35. The van der Waals surface area contributed by atoms with Gasteiger partial charge in [0, 0.05) is 16.6 Å². The maximum atomic E-state index is 13.2. The molecule has 1 aliphatic heterocycles. The van der Waals surface area contributed by atoms with E-state index in [1.807, 2.05) is 6.07 Å². The first-order valence-corrected chi connectivity index (χ1v) is 11.3. The van der Waals surface area contributed by atoms with E-state index in [0.29, 0.717) is 22.0 Å². The molecule has 1 N–H and O–H groups in total. The van der Waals surface area contributed by atoms with Gasteiger partial charge in [0.2, 0.25) is 17.7 Å². The van der Waals surface area contributed by atoms with Crippen LogP contribution in [0.4, 0.5) is 4.79 Å². The second-order valence-corrected chi connectivity index (χ2v) is 9.01. The van der Waals surface area contributed by atoms with Crippen molar-refractivity contribution in [3.05, 3.63) is 71.1 Å². The first kappa shape index (κ1) is 22.1. The molecule has 2 aliphatic rings. The molecule has 5 rings (SSSR count). The zero-order valence-electron chi connectivity index (χ0n) is 18.4. The summed E-state index contributed by atoms with van der Waals surface area (Å²) in [6.07, 6.45) is 1.68. The molecule has 1 aromatic heterocycles. The number of amides is 4. The van der Waals surface area contributed by atoms with Crippen molar-refractivity contribution in [1.82, 2.24) is 25.3 Å². The highest BCUT2D eigenvalue weighted by atomic mass is 35.5. The number of carbonyl (C=O) groups excluding carboxylic acids is 3. The predicted molar refractivity (Wildman–Crippen MR) is 122 cm³/mol. The molecule has 1 saturated carbocycles. The van der Waals surface area contributed by atoms with Gasteiger partial charge in [0.15, 0.2) is 0 Å². The van der Waals surface area contributed by atoms with Crippen LogP contribution in [-0.2, 0) is 21.7 Å². The topological polar surface area (TPSA) is 109 Å². The smallest absolute Gasteiger partial charge is 0.325 e. The third-order valence-electron chi connectivity index (χ3n) is 6.09. The highest BCUT2D eigenvalue weighted by Crippen LogP contribution is 2.31. The molecule has 1 atom stereocenters. The first-order chi connectivity index (χ1) is 16.3. The third-order valence-corrected chi connectivity index (χ3v) is 6.34. The number of rotatable bonds is 7. The third kappa shape index (κ3) is 4.14. The van der Waals surface area contributed by atoms with E-state index < -0.39 is 17.5 Å². The molecule has 2 aromatic carbocycles. The molecule has 0 spiro atoms. The van der Waals surface area contributed by atoms with Gasteiger partial charge in [-0.05, 0) is 49.6 Å². The van der Waals surface area contributed by atoms with Gasteiger partial charge in [-0.1, -0.05) is 41.9 Å². The lowest BCUT2D eigenvalue weighted by Crippen LogP contribution is -2.45. The number of imide groups is 1. The van der Waals surface area contributed by atoms with E-state index in [2.05, 4.69) is 15.5 Å². The molecular formula is C24H22ClN5O4.